The summed E-state index contributed by atoms with van der Waals surface area (Å²) < 4.78 is 13.6. The molecule has 15 heteroatoms. The lowest BCUT2D eigenvalue weighted by molar-refractivity contribution is -0.123. The molecule has 4 aromatic rings. The molecule has 40 heavy (non-hydrogen) atoms. The molecule has 11 nitrogen and oxygen atoms in total. The Balaban J connectivity index is 1.42. The fraction of sp³-hybridized carbons (Fsp3) is 0.280. The van der Waals surface area contributed by atoms with Crippen molar-refractivity contribution in [2.75, 3.05) is 30.0 Å². The zero-order valence-electron chi connectivity index (χ0n) is 21.6. The molecule has 0 aliphatic rings. The van der Waals surface area contributed by atoms with Crippen LogP contribution < -0.4 is 20.1 Å². The largest absolute Gasteiger partial charge is 0.494 e. The van der Waals surface area contributed by atoms with Crippen LogP contribution in [0.25, 0.3) is 5.69 Å². The SMILES string of the molecule is CCOc1ccc(-n2c(CNC(=O)COc3ccc(Cl)cc3)nnc2SCC(=O)Nc2nnc(SCC)s2)cc1. The maximum Gasteiger partial charge on any atom is 0.258 e. The number of thioether (sulfide) groups is 2. The Morgan fingerprint density at radius 3 is 2.38 bits per heavy atom. The first-order valence-corrected chi connectivity index (χ1v) is 15.3. The number of nitrogens with zero attached hydrogens (tertiary/aromatic N) is 5. The molecule has 0 aliphatic carbocycles. The summed E-state index contributed by atoms with van der Waals surface area (Å²) in [4.78, 5) is 25.0. The fourth-order valence-electron chi connectivity index (χ4n) is 3.26. The summed E-state index contributed by atoms with van der Waals surface area (Å²) in [5, 5.41) is 23.7. The molecule has 0 unspecified atom stereocenters. The fourth-order valence-corrected chi connectivity index (χ4v) is 5.82. The van der Waals surface area contributed by atoms with E-state index in [1.807, 2.05) is 38.1 Å². The van der Waals surface area contributed by atoms with E-state index >= 15 is 0 Å². The van der Waals surface area contributed by atoms with E-state index in [-0.39, 0.29) is 30.7 Å². The van der Waals surface area contributed by atoms with Crippen LogP contribution in [0.1, 0.15) is 19.7 Å². The number of benzene rings is 2. The summed E-state index contributed by atoms with van der Waals surface area (Å²) in [6.45, 7) is 4.40. The molecule has 0 bridgehead atoms. The summed E-state index contributed by atoms with van der Waals surface area (Å²) in [6.07, 6.45) is 0. The molecule has 2 aromatic heterocycles. The molecular weight excluding hydrogens is 594 g/mol. The second-order valence-corrected chi connectivity index (χ2v) is 11.7. The average Bonchev–Trinajstić information content (AvgIpc) is 3.57. The minimum atomic E-state index is -0.331. The van der Waals surface area contributed by atoms with E-state index in [1.54, 1.807) is 40.6 Å². The van der Waals surface area contributed by atoms with Gasteiger partial charge in [-0.25, -0.2) is 0 Å². The summed E-state index contributed by atoms with van der Waals surface area (Å²) in [5.74, 6) is 2.11. The van der Waals surface area contributed by atoms with E-state index < -0.39 is 0 Å². The minimum Gasteiger partial charge on any atom is -0.494 e. The number of nitrogens with one attached hydrogen (secondary N) is 2. The Morgan fingerprint density at radius 2 is 1.65 bits per heavy atom. The van der Waals surface area contributed by atoms with Gasteiger partial charge in [0, 0.05) is 10.7 Å². The molecule has 2 amide bonds. The summed E-state index contributed by atoms with van der Waals surface area (Å²) in [7, 11) is 0. The molecule has 0 fully saturated rings. The number of aromatic nitrogens is 5. The Morgan fingerprint density at radius 1 is 0.925 bits per heavy atom. The molecule has 2 N–H and O–H groups in total. The van der Waals surface area contributed by atoms with Crippen LogP contribution in [-0.4, -0.2) is 61.5 Å². The first-order chi connectivity index (χ1) is 19.4. The van der Waals surface area contributed by atoms with E-state index in [2.05, 4.69) is 31.0 Å². The van der Waals surface area contributed by atoms with Crippen molar-refractivity contribution >= 4 is 63.4 Å². The number of halogens is 1. The highest BCUT2D eigenvalue weighted by molar-refractivity contribution is 8.01. The highest BCUT2D eigenvalue weighted by atomic mass is 35.5. The Hall–Kier alpha value is -3.33. The predicted molar refractivity (Wildman–Crippen MR) is 157 cm³/mol. The third-order valence-electron chi connectivity index (χ3n) is 4.99. The maximum absolute atomic E-state index is 12.6. The van der Waals surface area contributed by atoms with Crippen molar-refractivity contribution in [3.8, 4) is 17.2 Å². The standard InChI is InChI=1S/C25H26ClN7O4S3/c1-3-36-18-11-7-17(8-12-18)33-20(13-27-21(34)14-37-19-9-5-16(26)6-10-19)29-31-24(33)39-15-22(35)28-23-30-32-25(40-23)38-4-2/h5-12H,3-4,13-15H2,1-2H3,(H,27,34)(H,28,30,35). The lowest BCUT2D eigenvalue weighted by Crippen LogP contribution is -2.29. The maximum atomic E-state index is 12.6. The molecule has 0 radical (unpaired) electrons. The molecule has 4 rings (SSSR count). The van der Waals surface area contributed by atoms with Gasteiger partial charge in [0.1, 0.15) is 11.5 Å². The van der Waals surface area contributed by atoms with Crippen molar-refractivity contribution in [1.29, 1.82) is 0 Å². The zero-order valence-corrected chi connectivity index (χ0v) is 24.8. The van der Waals surface area contributed by atoms with Gasteiger partial charge in [-0.15, -0.1) is 20.4 Å². The van der Waals surface area contributed by atoms with Crippen LogP contribution in [0.2, 0.25) is 5.02 Å². The summed E-state index contributed by atoms with van der Waals surface area (Å²) >= 11 is 9.99. The minimum absolute atomic E-state index is 0.0757. The molecule has 2 heterocycles. The third-order valence-corrected chi connectivity index (χ3v) is 8.02. The quantitative estimate of drug-likeness (QED) is 0.151. The van der Waals surface area contributed by atoms with Crippen LogP contribution in [0.3, 0.4) is 0 Å². The number of hydrogen-bond donors (Lipinski definition) is 2. The average molecular weight is 620 g/mol. The summed E-state index contributed by atoms with van der Waals surface area (Å²) in [6, 6.07) is 14.1. The molecule has 0 spiro atoms. The van der Waals surface area contributed by atoms with Gasteiger partial charge in [-0.2, -0.15) is 0 Å². The molecule has 0 atom stereocenters. The highest BCUT2D eigenvalue weighted by Crippen LogP contribution is 2.27. The van der Waals surface area contributed by atoms with Crippen molar-refractivity contribution in [3.63, 3.8) is 0 Å². The van der Waals surface area contributed by atoms with Gasteiger partial charge >= 0.3 is 0 Å². The third kappa shape index (κ3) is 8.58. The van der Waals surface area contributed by atoms with Crippen molar-refractivity contribution in [1.82, 2.24) is 30.3 Å². The van der Waals surface area contributed by atoms with Gasteiger partial charge in [-0.3, -0.25) is 19.5 Å². The van der Waals surface area contributed by atoms with Crippen LogP contribution >= 0.6 is 46.5 Å². The normalized spacial score (nSPS) is 10.8. The number of carbonyl (C=O) groups excluding carboxylic acids is 2. The lowest BCUT2D eigenvalue weighted by Gasteiger charge is -2.12. The molecule has 2 aromatic carbocycles. The van der Waals surface area contributed by atoms with E-state index in [1.165, 1.54) is 23.1 Å². The van der Waals surface area contributed by atoms with Crippen molar-refractivity contribution in [2.24, 2.45) is 0 Å². The molecule has 210 valence electrons. The van der Waals surface area contributed by atoms with Crippen molar-refractivity contribution < 1.29 is 19.1 Å². The number of rotatable bonds is 14. The highest BCUT2D eigenvalue weighted by Gasteiger charge is 2.18. The predicted octanol–water partition coefficient (Wildman–Crippen LogP) is 4.71. The van der Waals surface area contributed by atoms with Crippen molar-refractivity contribution in [3.05, 3.63) is 59.4 Å². The van der Waals surface area contributed by atoms with Crippen molar-refractivity contribution in [2.45, 2.75) is 29.9 Å². The van der Waals surface area contributed by atoms with Gasteiger partial charge in [0.05, 0.1) is 18.9 Å². The summed E-state index contributed by atoms with van der Waals surface area (Å²) in [5.41, 5.74) is 0.753. The Bertz CT molecular complexity index is 1410. The van der Waals surface area contributed by atoms with Crippen LogP contribution in [0.4, 0.5) is 5.13 Å². The van der Waals surface area contributed by atoms with Gasteiger partial charge in [-0.1, -0.05) is 53.4 Å². The molecule has 0 aliphatic heterocycles. The second kappa shape index (κ2) is 14.9. The number of ether oxygens (including phenoxy) is 2. The molecule has 0 saturated carbocycles. The smallest absolute Gasteiger partial charge is 0.258 e. The van der Waals surface area contributed by atoms with E-state index in [0.29, 0.717) is 33.5 Å². The van der Waals surface area contributed by atoms with Gasteiger partial charge in [-0.05, 0) is 61.2 Å². The van der Waals surface area contributed by atoms with E-state index in [9.17, 15) is 9.59 Å². The van der Waals surface area contributed by atoms with Crippen LogP contribution in [0.15, 0.2) is 58.0 Å². The van der Waals surface area contributed by atoms with Gasteiger partial charge in [0.15, 0.2) is 21.9 Å². The Kier molecular flexibility index (Phi) is 11.0. The number of amides is 2. The zero-order chi connectivity index (χ0) is 28.3. The topological polar surface area (TPSA) is 133 Å². The molecule has 0 saturated heterocycles. The first-order valence-electron chi connectivity index (χ1n) is 12.2. The van der Waals surface area contributed by atoms with Gasteiger partial charge in [0.2, 0.25) is 11.0 Å². The monoisotopic (exact) mass is 619 g/mol. The van der Waals surface area contributed by atoms with E-state index in [4.69, 9.17) is 21.1 Å². The van der Waals surface area contributed by atoms with Crippen LogP contribution in [-0.2, 0) is 16.1 Å². The van der Waals surface area contributed by atoms with Crippen LogP contribution in [0, 0.1) is 0 Å². The number of anilines is 1. The van der Waals surface area contributed by atoms with Crippen LogP contribution in [0.5, 0.6) is 11.5 Å². The van der Waals surface area contributed by atoms with Gasteiger partial charge in [0.25, 0.3) is 5.91 Å². The number of carbonyl (C=O) groups is 2. The molecular formula is C25H26ClN7O4S3. The lowest BCUT2D eigenvalue weighted by atomic mass is 10.3. The second-order valence-electron chi connectivity index (χ2n) is 7.82. The van der Waals surface area contributed by atoms with E-state index in [0.717, 1.165) is 21.5 Å². The number of hydrogen-bond acceptors (Lipinski definition) is 11. The Labute approximate surface area is 248 Å². The van der Waals surface area contributed by atoms with Gasteiger partial charge < -0.3 is 14.8 Å². The first kappa shape index (κ1) is 29.6.